The van der Waals surface area contributed by atoms with E-state index in [-0.39, 0.29) is 11.8 Å². The quantitative estimate of drug-likeness (QED) is 0.260. The first-order valence-corrected chi connectivity index (χ1v) is 4.75. The van der Waals surface area contributed by atoms with Gasteiger partial charge in [-0.25, -0.2) is 0 Å². The Morgan fingerprint density at radius 1 is 1.12 bits per heavy atom. The van der Waals surface area contributed by atoms with Gasteiger partial charge in [0.15, 0.2) is 5.68 Å². The molecule has 1 atom stereocenters. The molecule has 8 heteroatoms. The Labute approximate surface area is 97.8 Å². The standard InChI is InChI=1S/C9H10B2O6/c12-6-9(11(16)17,8(13)10(14)15)7-4-2-1-3-5-7/h1-6,14-17H. The van der Waals surface area contributed by atoms with Crippen molar-refractivity contribution >= 4 is 26.2 Å². The average Bonchev–Trinajstić information content (AvgIpc) is 2.31. The summed E-state index contributed by atoms with van der Waals surface area (Å²) in [7, 11) is -4.83. The SMILES string of the molecule is O=CC(B(O)O)(C(=O)B(O)O)c1ccccc1. The highest BCUT2D eigenvalue weighted by molar-refractivity contribution is 6.86. The van der Waals surface area contributed by atoms with Gasteiger partial charge in [-0.2, -0.15) is 0 Å². The smallest absolute Gasteiger partial charge is 0.426 e. The maximum absolute atomic E-state index is 11.6. The van der Waals surface area contributed by atoms with Crippen LogP contribution in [-0.2, 0) is 14.9 Å². The molecule has 88 valence electrons. The summed E-state index contributed by atoms with van der Waals surface area (Å²) in [5, 5.41) is 33.7. The van der Waals surface area contributed by atoms with Crippen LogP contribution >= 0.6 is 0 Å². The molecule has 0 saturated heterocycles. The zero-order chi connectivity index (χ0) is 13.1. The maximum atomic E-state index is 11.6. The Morgan fingerprint density at radius 2 is 1.65 bits per heavy atom. The van der Waals surface area contributed by atoms with Gasteiger partial charge in [-0.3, -0.25) is 0 Å². The van der Waals surface area contributed by atoms with Gasteiger partial charge in [0, 0.05) is 0 Å². The third-order valence-corrected chi connectivity index (χ3v) is 2.49. The summed E-state index contributed by atoms with van der Waals surface area (Å²) in [6, 6.07) is 7.19. The number of hydrogen-bond donors (Lipinski definition) is 4. The minimum absolute atomic E-state index is 0.00519. The van der Waals surface area contributed by atoms with Crippen LogP contribution in [0.5, 0.6) is 0 Å². The van der Waals surface area contributed by atoms with Crippen LogP contribution in [0.3, 0.4) is 0 Å². The zero-order valence-corrected chi connectivity index (χ0v) is 8.72. The first kappa shape index (κ1) is 13.6. The molecule has 0 spiro atoms. The van der Waals surface area contributed by atoms with E-state index in [4.69, 9.17) is 10.0 Å². The number of rotatable bonds is 5. The molecule has 1 aromatic carbocycles. The van der Waals surface area contributed by atoms with E-state index in [1.165, 1.54) is 24.3 Å². The number of carbonyl (C=O) groups is 2. The second kappa shape index (κ2) is 5.24. The van der Waals surface area contributed by atoms with E-state index in [9.17, 15) is 19.6 Å². The first-order chi connectivity index (χ1) is 7.96. The van der Waals surface area contributed by atoms with Crippen LogP contribution in [0, 0.1) is 0 Å². The third-order valence-electron chi connectivity index (χ3n) is 2.49. The van der Waals surface area contributed by atoms with Gasteiger partial charge in [0.05, 0.1) is 0 Å². The summed E-state index contributed by atoms with van der Waals surface area (Å²) in [5.41, 5.74) is -1.42. The lowest BCUT2D eigenvalue weighted by Gasteiger charge is -2.25. The third kappa shape index (κ3) is 2.29. The van der Waals surface area contributed by atoms with E-state index in [1.807, 2.05) is 0 Å². The van der Waals surface area contributed by atoms with Gasteiger partial charge in [0.25, 0.3) is 0 Å². The highest BCUT2D eigenvalue weighted by Gasteiger charge is 2.54. The van der Waals surface area contributed by atoms with Crippen molar-refractivity contribution in [2.75, 3.05) is 0 Å². The van der Waals surface area contributed by atoms with E-state index in [0.29, 0.717) is 0 Å². The van der Waals surface area contributed by atoms with Gasteiger partial charge in [-0.1, -0.05) is 30.3 Å². The zero-order valence-electron chi connectivity index (χ0n) is 8.72. The van der Waals surface area contributed by atoms with Crippen molar-refractivity contribution in [2.24, 2.45) is 0 Å². The van der Waals surface area contributed by atoms with Gasteiger partial charge in [-0.05, 0) is 5.56 Å². The molecule has 0 saturated carbocycles. The predicted molar refractivity (Wildman–Crippen MR) is 59.6 cm³/mol. The van der Waals surface area contributed by atoms with E-state index in [0.717, 1.165) is 0 Å². The Balaban J connectivity index is 3.39. The first-order valence-electron chi connectivity index (χ1n) is 4.75. The molecule has 0 aliphatic heterocycles. The molecular formula is C9H10B2O6. The van der Waals surface area contributed by atoms with Crippen molar-refractivity contribution in [3.8, 4) is 0 Å². The average molecular weight is 236 g/mol. The van der Waals surface area contributed by atoms with Crippen molar-refractivity contribution in [3.63, 3.8) is 0 Å². The van der Waals surface area contributed by atoms with Gasteiger partial charge in [-0.15, -0.1) is 0 Å². The summed E-state index contributed by atoms with van der Waals surface area (Å²) in [6.45, 7) is 0. The topological polar surface area (TPSA) is 115 Å². The number of aldehydes is 1. The summed E-state index contributed by atoms with van der Waals surface area (Å²) in [5.74, 6) is 0. The lowest BCUT2D eigenvalue weighted by molar-refractivity contribution is -0.123. The van der Waals surface area contributed by atoms with Gasteiger partial charge >= 0.3 is 14.2 Å². The fourth-order valence-electron chi connectivity index (χ4n) is 1.53. The Bertz CT molecular complexity index is 407. The lowest BCUT2D eigenvalue weighted by Crippen LogP contribution is -2.57. The molecule has 1 rings (SSSR count). The minimum atomic E-state index is -2.47. The molecule has 4 N–H and O–H groups in total. The number of carbonyl (C=O) groups excluding carboxylic acids is 2. The van der Waals surface area contributed by atoms with Crippen molar-refractivity contribution in [3.05, 3.63) is 35.9 Å². The molecule has 1 unspecified atom stereocenters. The molecule has 17 heavy (non-hydrogen) atoms. The Hall–Kier alpha value is -1.47. The maximum Gasteiger partial charge on any atom is 0.527 e. The highest BCUT2D eigenvalue weighted by atomic mass is 16.4. The second-order valence-corrected chi connectivity index (χ2v) is 3.46. The Morgan fingerprint density at radius 3 is 2.00 bits per heavy atom. The van der Waals surface area contributed by atoms with Crippen molar-refractivity contribution < 1.29 is 29.7 Å². The Kier molecular flexibility index (Phi) is 4.19. The molecule has 0 heterocycles. The highest BCUT2D eigenvalue weighted by Crippen LogP contribution is 2.25. The number of hydrogen-bond acceptors (Lipinski definition) is 6. The van der Waals surface area contributed by atoms with Crippen LogP contribution in [0.25, 0.3) is 0 Å². The van der Waals surface area contributed by atoms with E-state index in [1.54, 1.807) is 6.07 Å². The summed E-state index contributed by atoms with van der Waals surface area (Å²) >= 11 is 0. The van der Waals surface area contributed by atoms with Gasteiger partial charge < -0.3 is 29.7 Å². The fraction of sp³-hybridized carbons (Fsp3) is 0.111. The van der Waals surface area contributed by atoms with Crippen LogP contribution in [0.4, 0.5) is 0 Å². The molecule has 0 radical (unpaired) electrons. The van der Waals surface area contributed by atoms with Crippen LogP contribution in [0.15, 0.2) is 30.3 Å². The number of benzene rings is 1. The molecular weight excluding hydrogens is 226 g/mol. The van der Waals surface area contributed by atoms with Crippen LogP contribution < -0.4 is 0 Å². The molecule has 0 fully saturated rings. The van der Waals surface area contributed by atoms with Crippen LogP contribution in [0.1, 0.15) is 5.56 Å². The predicted octanol–water partition coefficient (Wildman–Crippen LogP) is -2.28. The molecule has 0 amide bonds. The monoisotopic (exact) mass is 236 g/mol. The molecule has 1 aromatic rings. The molecule has 0 aliphatic rings. The second-order valence-electron chi connectivity index (χ2n) is 3.46. The van der Waals surface area contributed by atoms with Crippen molar-refractivity contribution in [2.45, 2.75) is 5.31 Å². The molecule has 0 aromatic heterocycles. The molecule has 0 bridgehead atoms. The van der Waals surface area contributed by atoms with Gasteiger partial charge in [0.2, 0.25) is 0 Å². The normalized spacial score (nSPS) is 13.6. The van der Waals surface area contributed by atoms with E-state index in [2.05, 4.69) is 0 Å². The summed E-state index contributed by atoms with van der Waals surface area (Å²) in [4.78, 5) is 22.6. The van der Waals surface area contributed by atoms with Crippen molar-refractivity contribution in [1.29, 1.82) is 0 Å². The van der Waals surface area contributed by atoms with Crippen LogP contribution in [-0.4, -0.2) is 46.3 Å². The van der Waals surface area contributed by atoms with E-state index >= 15 is 0 Å². The lowest BCUT2D eigenvalue weighted by atomic mass is 9.47. The van der Waals surface area contributed by atoms with E-state index < -0.39 is 25.2 Å². The largest absolute Gasteiger partial charge is 0.527 e. The fourth-order valence-corrected chi connectivity index (χ4v) is 1.53. The molecule has 0 aliphatic carbocycles. The van der Waals surface area contributed by atoms with Crippen LogP contribution in [0.2, 0.25) is 0 Å². The summed E-state index contributed by atoms with van der Waals surface area (Å²) in [6.07, 6.45) is -0.00519. The summed E-state index contributed by atoms with van der Waals surface area (Å²) < 4.78 is 0. The van der Waals surface area contributed by atoms with Gasteiger partial charge in [0.1, 0.15) is 11.6 Å². The van der Waals surface area contributed by atoms with Crippen molar-refractivity contribution in [1.82, 2.24) is 0 Å². The minimum Gasteiger partial charge on any atom is -0.426 e. The molecule has 6 nitrogen and oxygen atoms in total.